The molecule has 1 heterocycles. The van der Waals surface area contributed by atoms with Gasteiger partial charge in [0.15, 0.2) is 0 Å². The highest BCUT2D eigenvalue weighted by molar-refractivity contribution is 5.14. The minimum absolute atomic E-state index is 0.437. The zero-order valence-corrected chi connectivity index (χ0v) is 12.3. The fraction of sp³-hybridized carbons (Fsp3) is 0.647. The third kappa shape index (κ3) is 3.60. The van der Waals surface area contributed by atoms with Crippen molar-refractivity contribution >= 4 is 0 Å². The van der Waals surface area contributed by atoms with Crippen molar-refractivity contribution in [2.24, 2.45) is 0 Å². The lowest BCUT2D eigenvalue weighted by atomic mass is 9.91. The molecular weight excluding hydrogens is 248 g/mol. The molecule has 20 heavy (non-hydrogen) atoms. The number of hydrogen-bond acceptors (Lipinski definition) is 3. The van der Waals surface area contributed by atoms with Crippen molar-refractivity contribution in [2.45, 2.75) is 44.2 Å². The molecule has 1 aromatic rings. The van der Waals surface area contributed by atoms with Gasteiger partial charge in [0, 0.05) is 25.8 Å². The maximum Gasteiger partial charge on any atom is 0.0730 e. The standard InChI is InChI=1S/C17H26N2O/c1-2-6-15(7-3-1)10-13-20-17-9-5-4-8-16(17)19-12-11-18-14-19/h1-3,6-7,16-18H,4-5,8-14H2/t16?,17-/m0/s1. The molecule has 1 aliphatic carbocycles. The number of benzene rings is 1. The van der Waals surface area contributed by atoms with Crippen molar-refractivity contribution in [2.75, 3.05) is 26.4 Å². The van der Waals surface area contributed by atoms with Crippen LogP contribution in [-0.2, 0) is 11.2 Å². The molecule has 1 aromatic carbocycles. The molecule has 2 aliphatic rings. The molecule has 3 nitrogen and oxygen atoms in total. The van der Waals surface area contributed by atoms with Gasteiger partial charge in [-0.25, -0.2) is 0 Å². The van der Waals surface area contributed by atoms with E-state index < -0.39 is 0 Å². The Morgan fingerprint density at radius 1 is 1.15 bits per heavy atom. The summed E-state index contributed by atoms with van der Waals surface area (Å²) < 4.78 is 6.24. The van der Waals surface area contributed by atoms with Crippen LogP contribution in [0.25, 0.3) is 0 Å². The first-order valence-corrected chi connectivity index (χ1v) is 8.04. The van der Waals surface area contributed by atoms with E-state index in [1.807, 2.05) is 0 Å². The zero-order valence-electron chi connectivity index (χ0n) is 12.3. The second-order valence-electron chi connectivity index (χ2n) is 5.97. The highest BCUT2D eigenvalue weighted by atomic mass is 16.5. The molecule has 1 saturated heterocycles. The van der Waals surface area contributed by atoms with E-state index in [4.69, 9.17) is 4.74 Å². The summed E-state index contributed by atoms with van der Waals surface area (Å²) in [6.07, 6.45) is 6.69. The lowest BCUT2D eigenvalue weighted by Crippen LogP contribution is -2.46. The third-order valence-electron chi connectivity index (χ3n) is 4.59. The summed E-state index contributed by atoms with van der Waals surface area (Å²) in [6.45, 7) is 4.21. The molecule has 1 aliphatic heterocycles. The third-order valence-corrected chi connectivity index (χ3v) is 4.59. The van der Waals surface area contributed by atoms with E-state index in [1.165, 1.54) is 37.8 Å². The lowest BCUT2D eigenvalue weighted by molar-refractivity contribution is -0.0293. The van der Waals surface area contributed by atoms with Crippen LogP contribution in [0.15, 0.2) is 30.3 Å². The Morgan fingerprint density at radius 2 is 2.00 bits per heavy atom. The predicted octanol–water partition coefficient (Wildman–Crippen LogP) is 2.42. The van der Waals surface area contributed by atoms with Crippen molar-refractivity contribution in [3.63, 3.8) is 0 Å². The molecular formula is C17H26N2O. The Bertz CT molecular complexity index is 389. The molecule has 2 fully saturated rings. The van der Waals surface area contributed by atoms with Crippen molar-refractivity contribution in [3.8, 4) is 0 Å². The predicted molar refractivity (Wildman–Crippen MR) is 81.7 cm³/mol. The van der Waals surface area contributed by atoms with Crippen LogP contribution < -0.4 is 5.32 Å². The Labute approximate surface area is 122 Å². The van der Waals surface area contributed by atoms with Gasteiger partial charge in [-0.15, -0.1) is 0 Å². The summed E-state index contributed by atoms with van der Waals surface area (Å²) in [4.78, 5) is 2.58. The van der Waals surface area contributed by atoms with Crippen molar-refractivity contribution in [1.29, 1.82) is 0 Å². The van der Waals surface area contributed by atoms with E-state index in [1.54, 1.807) is 0 Å². The Morgan fingerprint density at radius 3 is 2.80 bits per heavy atom. The first kappa shape index (κ1) is 14.1. The summed E-state index contributed by atoms with van der Waals surface area (Å²) in [5.74, 6) is 0. The van der Waals surface area contributed by atoms with Crippen molar-refractivity contribution in [1.82, 2.24) is 10.2 Å². The Hall–Kier alpha value is -0.900. The molecule has 1 saturated carbocycles. The molecule has 1 N–H and O–H groups in total. The Balaban J connectivity index is 1.49. The molecule has 0 bridgehead atoms. The quantitative estimate of drug-likeness (QED) is 0.892. The molecule has 3 rings (SSSR count). The van der Waals surface area contributed by atoms with Gasteiger partial charge in [-0.2, -0.15) is 0 Å². The van der Waals surface area contributed by atoms with Crippen LogP contribution in [0.4, 0.5) is 0 Å². The van der Waals surface area contributed by atoms with E-state index in [-0.39, 0.29) is 0 Å². The van der Waals surface area contributed by atoms with Gasteiger partial charge < -0.3 is 10.1 Å². The monoisotopic (exact) mass is 274 g/mol. The van der Waals surface area contributed by atoms with Crippen LogP contribution in [0.1, 0.15) is 31.2 Å². The van der Waals surface area contributed by atoms with Gasteiger partial charge in [0.25, 0.3) is 0 Å². The molecule has 110 valence electrons. The topological polar surface area (TPSA) is 24.5 Å². The van der Waals surface area contributed by atoms with E-state index in [0.29, 0.717) is 12.1 Å². The second-order valence-corrected chi connectivity index (χ2v) is 5.97. The highest BCUT2D eigenvalue weighted by Crippen LogP contribution is 2.26. The number of hydrogen-bond donors (Lipinski definition) is 1. The highest BCUT2D eigenvalue weighted by Gasteiger charge is 2.31. The Kier molecular flexibility index (Phi) is 5.06. The van der Waals surface area contributed by atoms with Gasteiger partial charge in [0.2, 0.25) is 0 Å². The van der Waals surface area contributed by atoms with Gasteiger partial charge in [-0.1, -0.05) is 43.2 Å². The first-order chi connectivity index (χ1) is 9.93. The number of nitrogens with zero attached hydrogens (tertiary/aromatic N) is 1. The normalized spacial score (nSPS) is 27.8. The van der Waals surface area contributed by atoms with Gasteiger partial charge in [0.05, 0.1) is 12.7 Å². The fourth-order valence-corrected chi connectivity index (χ4v) is 3.47. The molecule has 3 heteroatoms. The molecule has 2 atom stereocenters. The van der Waals surface area contributed by atoms with E-state index >= 15 is 0 Å². The largest absolute Gasteiger partial charge is 0.376 e. The summed E-state index contributed by atoms with van der Waals surface area (Å²) >= 11 is 0. The SMILES string of the molecule is c1ccc(CCO[C@H]2CCCCC2N2CCNC2)cc1. The summed E-state index contributed by atoms with van der Waals surface area (Å²) in [5.41, 5.74) is 1.38. The summed E-state index contributed by atoms with van der Waals surface area (Å²) in [7, 11) is 0. The average molecular weight is 274 g/mol. The van der Waals surface area contributed by atoms with Gasteiger partial charge in [-0.05, 0) is 24.8 Å². The average Bonchev–Trinajstić information content (AvgIpc) is 3.03. The van der Waals surface area contributed by atoms with Crippen LogP contribution in [0, 0.1) is 0 Å². The number of rotatable bonds is 5. The van der Waals surface area contributed by atoms with Crippen LogP contribution in [-0.4, -0.2) is 43.4 Å². The van der Waals surface area contributed by atoms with E-state index in [2.05, 4.69) is 40.5 Å². The first-order valence-electron chi connectivity index (χ1n) is 8.04. The molecule has 1 unspecified atom stereocenters. The van der Waals surface area contributed by atoms with Gasteiger partial charge >= 0.3 is 0 Å². The van der Waals surface area contributed by atoms with Crippen LogP contribution in [0.3, 0.4) is 0 Å². The number of ether oxygens (including phenoxy) is 1. The van der Waals surface area contributed by atoms with Crippen LogP contribution >= 0.6 is 0 Å². The van der Waals surface area contributed by atoms with Gasteiger partial charge in [0.1, 0.15) is 0 Å². The van der Waals surface area contributed by atoms with E-state index in [0.717, 1.165) is 26.2 Å². The molecule has 0 radical (unpaired) electrons. The van der Waals surface area contributed by atoms with Crippen LogP contribution in [0.5, 0.6) is 0 Å². The van der Waals surface area contributed by atoms with Crippen LogP contribution in [0.2, 0.25) is 0 Å². The minimum atomic E-state index is 0.437. The molecule has 0 spiro atoms. The molecule has 0 aromatic heterocycles. The summed E-state index contributed by atoms with van der Waals surface area (Å²) in [6, 6.07) is 11.3. The zero-order chi connectivity index (χ0) is 13.6. The smallest absolute Gasteiger partial charge is 0.0730 e. The van der Waals surface area contributed by atoms with Gasteiger partial charge in [-0.3, -0.25) is 4.90 Å². The maximum absolute atomic E-state index is 6.24. The van der Waals surface area contributed by atoms with Crippen molar-refractivity contribution < 1.29 is 4.74 Å². The minimum Gasteiger partial charge on any atom is -0.376 e. The number of nitrogens with one attached hydrogen (secondary N) is 1. The summed E-state index contributed by atoms with van der Waals surface area (Å²) in [5, 5.41) is 3.44. The maximum atomic E-state index is 6.24. The fourth-order valence-electron chi connectivity index (χ4n) is 3.47. The second kappa shape index (κ2) is 7.21. The lowest BCUT2D eigenvalue weighted by Gasteiger charge is -2.37. The van der Waals surface area contributed by atoms with Crippen molar-refractivity contribution in [3.05, 3.63) is 35.9 Å². The van der Waals surface area contributed by atoms with E-state index in [9.17, 15) is 0 Å². The molecule has 0 amide bonds.